The van der Waals surface area contributed by atoms with Crippen molar-refractivity contribution in [1.82, 2.24) is 9.97 Å². The molecule has 0 fully saturated rings. The van der Waals surface area contributed by atoms with Crippen LogP contribution in [-0.2, 0) is 14.9 Å². The van der Waals surface area contributed by atoms with Gasteiger partial charge in [0.15, 0.2) is 0 Å². The van der Waals surface area contributed by atoms with Crippen molar-refractivity contribution in [3.63, 3.8) is 0 Å². The lowest BCUT2D eigenvalue weighted by Gasteiger charge is -2.06. The highest BCUT2D eigenvalue weighted by Gasteiger charge is 2.13. The van der Waals surface area contributed by atoms with Gasteiger partial charge in [-0.3, -0.25) is 9.35 Å². The van der Waals surface area contributed by atoms with Crippen LogP contribution in [0.1, 0.15) is 0 Å². The van der Waals surface area contributed by atoms with Crippen molar-refractivity contribution in [2.45, 2.75) is 4.90 Å². The molecule has 136 valence electrons. The predicted octanol–water partition coefficient (Wildman–Crippen LogP) is 2.27. The zero-order valence-corrected chi connectivity index (χ0v) is 14.5. The van der Waals surface area contributed by atoms with Crippen LogP contribution in [-0.4, -0.2) is 28.8 Å². The van der Waals surface area contributed by atoms with E-state index in [9.17, 15) is 18.5 Å². The Bertz CT molecular complexity index is 1190. The molecule has 1 aromatic heterocycles. The van der Waals surface area contributed by atoms with Gasteiger partial charge in [0.1, 0.15) is 11.6 Å². The number of aromatic nitrogens is 2. The van der Waals surface area contributed by atoms with Crippen LogP contribution in [0.25, 0.3) is 11.0 Å². The Balaban J connectivity index is 1.75. The van der Waals surface area contributed by atoms with E-state index in [-0.39, 0.29) is 16.2 Å². The lowest BCUT2D eigenvalue weighted by molar-refractivity contribution is -0.112. The maximum atomic E-state index is 12.2. The first-order valence-electron chi connectivity index (χ1n) is 7.55. The number of nitrogens with one attached hydrogen (secondary N) is 3. The summed E-state index contributed by atoms with van der Waals surface area (Å²) in [5.74, 6) is -0.736. The number of hydrogen-bond donors (Lipinski definition) is 4. The van der Waals surface area contributed by atoms with Gasteiger partial charge in [-0.2, -0.15) is 13.7 Å². The largest absolute Gasteiger partial charge is 0.360 e. The SMILES string of the molecule is N#C/C(=C/Nc1ccc2nc[nH]c2c1)C(=O)Nc1cccc(S(=O)(=O)O)c1. The van der Waals surface area contributed by atoms with E-state index in [1.165, 1.54) is 24.4 Å². The van der Waals surface area contributed by atoms with Gasteiger partial charge in [0.05, 0.1) is 22.3 Å². The van der Waals surface area contributed by atoms with Crippen LogP contribution in [0.5, 0.6) is 0 Å². The number of amides is 1. The molecule has 0 unspecified atom stereocenters. The monoisotopic (exact) mass is 383 g/mol. The van der Waals surface area contributed by atoms with Gasteiger partial charge in [-0.1, -0.05) is 6.07 Å². The van der Waals surface area contributed by atoms with Gasteiger partial charge in [0.25, 0.3) is 16.0 Å². The minimum atomic E-state index is -4.40. The zero-order chi connectivity index (χ0) is 19.4. The molecule has 0 radical (unpaired) electrons. The molecule has 0 bridgehead atoms. The predicted molar refractivity (Wildman–Crippen MR) is 98.3 cm³/mol. The van der Waals surface area contributed by atoms with Crippen molar-refractivity contribution in [3.05, 3.63) is 60.6 Å². The molecule has 4 N–H and O–H groups in total. The van der Waals surface area contributed by atoms with Gasteiger partial charge < -0.3 is 15.6 Å². The summed E-state index contributed by atoms with van der Waals surface area (Å²) in [5, 5.41) is 14.5. The molecule has 0 atom stereocenters. The number of hydrogen-bond acceptors (Lipinski definition) is 6. The summed E-state index contributed by atoms with van der Waals surface area (Å²) in [4.78, 5) is 18.9. The number of fused-ring (bicyclic) bond motifs is 1. The maximum Gasteiger partial charge on any atom is 0.294 e. The Morgan fingerprint density at radius 3 is 2.78 bits per heavy atom. The molecule has 0 saturated heterocycles. The number of aromatic amines is 1. The molecule has 0 aliphatic heterocycles. The molecule has 3 aromatic rings. The minimum Gasteiger partial charge on any atom is -0.360 e. The van der Waals surface area contributed by atoms with Gasteiger partial charge in [0.2, 0.25) is 0 Å². The summed E-state index contributed by atoms with van der Waals surface area (Å²) in [6.45, 7) is 0. The van der Waals surface area contributed by atoms with E-state index in [2.05, 4.69) is 20.6 Å². The highest BCUT2D eigenvalue weighted by atomic mass is 32.2. The minimum absolute atomic E-state index is 0.121. The molecule has 10 heteroatoms. The second-order valence-corrected chi connectivity index (χ2v) is 6.83. The molecule has 1 heterocycles. The van der Waals surface area contributed by atoms with Crippen LogP contribution >= 0.6 is 0 Å². The summed E-state index contributed by atoms with van der Waals surface area (Å²) >= 11 is 0. The van der Waals surface area contributed by atoms with E-state index in [1.807, 2.05) is 0 Å². The molecule has 0 aliphatic carbocycles. The summed E-state index contributed by atoms with van der Waals surface area (Å²) in [7, 11) is -4.40. The number of benzene rings is 2. The standard InChI is InChI=1S/C17H13N5O4S/c18-8-11(9-19-12-4-5-15-16(7-12)21-10-20-15)17(23)22-13-2-1-3-14(6-13)27(24,25)26/h1-7,9-10,19H,(H,20,21)(H,22,23)(H,24,25,26)/b11-9-. The van der Waals surface area contributed by atoms with Crippen LogP contribution in [0.2, 0.25) is 0 Å². The maximum absolute atomic E-state index is 12.2. The van der Waals surface area contributed by atoms with Gasteiger partial charge in [-0.05, 0) is 36.4 Å². The number of H-pyrrole nitrogens is 1. The van der Waals surface area contributed by atoms with Crippen molar-refractivity contribution in [3.8, 4) is 6.07 Å². The lowest BCUT2D eigenvalue weighted by atomic mass is 10.2. The van der Waals surface area contributed by atoms with Crippen molar-refractivity contribution < 1.29 is 17.8 Å². The highest BCUT2D eigenvalue weighted by molar-refractivity contribution is 7.85. The molecular formula is C17H13N5O4S. The average molecular weight is 383 g/mol. The third kappa shape index (κ3) is 4.30. The fourth-order valence-corrected chi connectivity index (χ4v) is 2.79. The fraction of sp³-hybridized carbons (Fsp3) is 0. The Labute approximate surface area is 154 Å². The van der Waals surface area contributed by atoms with Crippen molar-refractivity contribution in [2.24, 2.45) is 0 Å². The quantitative estimate of drug-likeness (QED) is 0.300. The number of carbonyl (C=O) groups excluding carboxylic acids is 1. The van der Waals surface area contributed by atoms with Gasteiger partial charge >= 0.3 is 0 Å². The van der Waals surface area contributed by atoms with Crippen LogP contribution in [0.3, 0.4) is 0 Å². The Morgan fingerprint density at radius 1 is 1.22 bits per heavy atom. The average Bonchev–Trinajstić information content (AvgIpc) is 3.09. The summed E-state index contributed by atoms with van der Waals surface area (Å²) in [6, 6.07) is 12.1. The summed E-state index contributed by atoms with van der Waals surface area (Å²) in [6.07, 6.45) is 2.79. The molecule has 0 spiro atoms. The number of imidazole rings is 1. The number of rotatable bonds is 5. The first-order chi connectivity index (χ1) is 12.9. The van der Waals surface area contributed by atoms with Crippen LogP contribution < -0.4 is 10.6 Å². The van der Waals surface area contributed by atoms with E-state index in [0.29, 0.717) is 5.69 Å². The van der Waals surface area contributed by atoms with E-state index < -0.39 is 16.0 Å². The molecule has 1 amide bonds. The smallest absolute Gasteiger partial charge is 0.294 e. The second kappa shape index (κ2) is 7.28. The molecule has 27 heavy (non-hydrogen) atoms. The molecule has 0 aliphatic rings. The van der Waals surface area contributed by atoms with Crippen LogP contribution in [0.4, 0.5) is 11.4 Å². The fourth-order valence-electron chi connectivity index (χ4n) is 2.26. The third-order valence-electron chi connectivity index (χ3n) is 3.56. The van der Waals surface area contributed by atoms with Gasteiger partial charge in [0, 0.05) is 17.6 Å². The van der Waals surface area contributed by atoms with E-state index in [4.69, 9.17) is 4.55 Å². The van der Waals surface area contributed by atoms with Crippen LogP contribution in [0, 0.1) is 11.3 Å². The molecule has 3 rings (SSSR count). The van der Waals surface area contributed by atoms with Crippen molar-refractivity contribution >= 4 is 38.4 Å². The second-order valence-electron chi connectivity index (χ2n) is 5.41. The van der Waals surface area contributed by atoms with Crippen molar-refractivity contribution in [1.29, 1.82) is 5.26 Å². The summed E-state index contributed by atoms with van der Waals surface area (Å²) < 4.78 is 31.4. The number of nitriles is 1. The lowest BCUT2D eigenvalue weighted by Crippen LogP contribution is -2.15. The third-order valence-corrected chi connectivity index (χ3v) is 4.41. The Kier molecular flexibility index (Phi) is 4.89. The number of anilines is 2. The Morgan fingerprint density at radius 2 is 2.04 bits per heavy atom. The zero-order valence-electron chi connectivity index (χ0n) is 13.7. The van der Waals surface area contributed by atoms with E-state index in [1.54, 1.807) is 30.6 Å². The van der Waals surface area contributed by atoms with E-state index >= 15 is 0 Å². The van der Waals surface area contributed by atoms with Crippen molar-refractivity contribution in [2.75, 3.05) is 10.6 Å². The molecular weight excluding hydrogens is 370 g/mol. The number of carbonyl (C=O) groups is 1. The van der Waals surface area contributed by atoms with Crippen LogP contribution in [0.15, 0.2) is 65.5 Å². The molecule has 9 nitrogen and oxygen atoms in total. The highest BCUT2D eigenvalue weighted by Crippen LogP contribution is 2.17. The first kappa shape index (κ1) is 18.1. The first-order valence-corrected chi connectivity index (χ1v) is 9.00. The topological polar surface area (TPSA) is 148 Å². The Hall–Kier alpha value is -3.68. The number of nitrogens with zero attached hydrogens (tertiary/aromatic N) is 2. The normalized spacial score (nSPS) is 11.8. The van der Waals surface area contributed by atoms with Gasteiger partial charge in [-0.25, -0.2) is 4.98 Å². The molecule has 0 saturated carbocycles. The van der Waals surface area contributed by atoms with Gasteiger partial charge in [-0.15, -0.1) is 0 Å². The molecule has 2 aromatic carbocycles. The summed E-state index contributed by atoms with van der Waals surface area (Å²) in [5.41, 5.74) is 2.10. The van der Waals surface area contributed by atoms with E-state index in [0.717, 1.165) is 17.1 Å².